The normalized spacial score (nSPS) is 9.95. The Hall–Kier alpha value is -2.62. The lowest BCUT2D eigenvalue weighted by Crippen LogP contribution is -2.00. The third-order valence-corrected chi connectivity index (χ3v) is 2.83. The van der Waals surface area contributed by atoms with E-state index in [1.807, 2.05) is 6.07 Å². The molecule has 0 saturated carbocycles. The summed E-state index contributed by atoms with van der Waals surface area (Å²) in [7, 11) is 1.41. The number of carbonyl (C=O) groups excluding carboxylic acids is 1. The van der Waals surface area contributed by atoms with Crippen LogP contribution in [0.15, 0.2) is 42.5 Å². The fourth-order valence-corrected chi connectivity index (χ4v) is 1.90. The number of hydrogen-bond donors (Lipinski definition) is 1. The highest BCUT2D eigenvalue weighted by Crippen LogP contribution is 2.29. The molecule has 0 aromatic heterocycles. The molecule has 0 aliphatic carbocycles. The first kappa shape index (κ1) is 12.8. The number of carboxylic acid groups (broad SMARTS) is 1. The minimum atomic E-state index is -1.05. The molecule has 1 N–H and O–H groups in total. The van der Waals surface area contributed by atoms with E-state index >= 15 is 0 Å². The van der Waals surface area contributed by atoms with Crippen molar-refractivity contribution in [2.45, 2.75) is 0 Å². The summed E-state index contributed by atoms with van der Waals surface area (Å²) in [5.41, 5.74) is 2.12. The van der Waals surface area contributed by atoms with Crippen LogP contribution in [0.2, 0.25) is 0 Å². The van der Waals surface area contributed by atoms with E-state index < -0.39 is 5.97 Å². The Morgan fingerprint density at radius 1 is 1.21 bits per heavy atom. The predicted octanol–water partition coefficient (Wildman–Crippen LogP) is 2.87. The molecule has 4 nitrogen and oxygen atoms in total. The molecule has 0 saturated heterocycles. The van der Waals surface area contributed by atoms with Gasteiger partial charge in [0.15, 0.2) is 6.29 Å². The van der Waals surface area contributed by atoms with Crippen molar-refractivity contribution < 1.29 is 19.4 Å². The molecule has 0 bridgehead atoms. The summed E-state index contributed by atoms with van der Waals surface area (Å²) in [4.78, 5) is 22.0. The molecule has 0 amide bonds. The van der Waals surface area contributed by atoms with Gasteiger partial charge in [-0.2, -0.15) is 0 Å². The van der Waals surface area contributed by atoms with E-state index in [-0.39, 0.29) is 11.3 Å². The molecule has 0 fully saturated rings. The van der Waals surface area contributed by atoms with Crippen molar-refractivity contribution in [2.24, 2.45) is 0 Å². The first-order valence-electron chi connectivity index (χ1n) is 5.63. The predicted molar refractivity (Wildman–Crippen MR) is 70.8 cm³/mol. The fourth-order valence-electron chi connectivity index (χ4n) is 1.90. The molecule has 19 heavy (non-hydrogen) atoms. The topological polar surface area (TPSA) is 63.6 Å². The standard InChI is InChI=1S/C15H12O4/c1-19-14-8-10(6-7-13(14)15(17)18)12-5-3-2-4-11(12)9-16/h2-9H,1H3,(H,17,18). The Morgan fingerprint density at radius 2 is 1.95 bits per heavy atom. The van der Waals surface area contributed by atoms with Crippen molar-refractivity contribution in [3.63, 3.8) is 0 Å². The Balaban J connectivity index is 2.58. The summed E-state index contributed by atoms with van der Waals surface area (Å²) < 4.78 is 5.07. The van der Waals surface area contributed by atoms with Crippen LogP contribution in [0.1, 0.15) is 20.7 Å². The maximum absolute atomic E-state index is 11.0. The molecular formula is C15H12O4. The van der Waals surface area contributed by atoms with Crippen LogP contribution in [-0.4, -0.2) is 24.5 Å². The second-order valence-electron chi connectivity index (χ2n) is 3.93. The fraction of sp³-hybridized carbons (Fsp3) is 0.0667. The third-order valence-electron chi connectivity index (χ3n) is 2.83. The highest BCUT2D eigenvalue weighted by atomic mass is 16.5. The van der Waals surface area contributed by atoms with E-state index in [0.29, 0.717) is 5.56 Å². The third kappa shape index (κ3) is 2.47. The Labute approximate surface area is 110 Å². The van der Waals surface area contributed by atoms with Crippen LogP contribution in [0.5, 0.6) is 5.75 Å². The van der Waals surface area contributed by atoms with Crippen molar-refractivity contribution in [3.05, 3.63) is 53.6 Å². The number of benzene rings is 2. The lowest BCUT2D eigenvalue weighted by Gasteiger charge is -2.09. The maximum atomic E-state index is 11.0. The van der Waals surface area contributed by atoms with E-state index in [2.05, 4.69) is 0 Å². The number of aromatic carboxylic acids is 1. The van der Waals surface area contributed by atoms with Gasteiger partial charge in [-0.05, 0) is 23.3 Å². The average molecular weight is 256 g/mol. The number of carbonyl (C=O) groups is 2. The smallest absolute Gasteiger partial charge is 0.339 e. The van der Waals surface area contributed by atoms with Crippen molar-refractivity contribution in [2.75, 3.05) is 7.11 Å². The first-order chi connectivity index (χ1) is 9.17. The van der Waals surface area contributed by atoms with Crippen molar-refractivity contribution in [1.82, 2.24) is 0 Å². The van der Waals surface area contributed by atoms with Gasteiger partial charge < -0.3 is 9.84 Å². The second kappa shape index (κ2) is 5.35. The molecule has 0 heterocycles. The minimum Gasteiger partial charge on any atom is -0.496 e. The van der Waals surface area contributed by atoms with Crippen LogP contribution in [0, 0.1) is 0 Å². The van der Waals surface area contributed by atoms with E-state index in [1.54, 1.807) is 30.3 Å². The molecule has 0 radical (unpaired) electrons. The lowest BCUT2D eigenvalue weighted by atomic mass is 9.99. The summed E-state index contributed by atoms with van der Waals surface area (Å²) in [6, 6.07) is 11.9. The number of carboxylic acids is 1. The summed E-state index contributed by atoms with van der Waals surface area (Å²) in [6.45, 7) is 0. The van der Waals surface area contributed by atoms with E-state index in [1.165, 1.54) is 13.2 Å². The van der Waals surface area contributed by atoms with Crippen LogP contribution in [0.25, 0.3) is 11.1 Å². The molecule has 0 atom stereocenters. The van der Waals surface area contributed by atoms with Gasteiger partial charge in [-0.1, -0.05) is 30.3 Å². The zero-order valence-electron chi connectivity index (χ0n) is 10.3. The monoisotopic (exact) mass is 256 g/mol. The van der Waals surface area contributed by atoms with Gasteiger partial charge in [0.25, 0.3) is 0 Å². The minimum absolute atomic E-state index is 0.0924. The van der Waals surface area contributed by atoms with Gasteiger partial charge in [-0.15, -0.1) is 0 Å². The molecule has 2 aromatic carbocycles. The van der Waals surface area contributed by atoms with Crippen LogP contribution in [0.4, 0.5) is 0 Å². The Morgan fingerprint density at radius 3 is 2.58 bits per heavy atom. The molecule has 2 rings (SSSR count). The van der Waals surface area contributed by atoms with Gasteiger partial charge in [-0.3, -0.25) is 4.79 Å². The van der Waals surface area contributed by atoms with Crippen LogP contribution in [0.3, 0.4) is 0 Å². The summed E-state index contributed by atoms with van der Waals surface area (Å²) >= 11 is 0. The quantitative estimate of drug-likeness (QED) is 0.854. The molecule has 0 aliphatic rings. The summed E-state index contributed by atoms with van der Waals surface area (Å²) in [5, 5.41) is 9.02. The number of hydrogen-bond acceptors (Lipinski definition) is 3. The number of aldehydes is 1. The van der Waals surface area contributed by atoms with Crippen LogP contribution < -0.4 is 4.74 Å². The van der Waals surface area contributed by atoms with Gasteiger partial charge in [0.1, 0.15) is 11.3 Å². The number of rotatable bonds is 4. The zero-order valence-corrected chi connectivity index (χ0v) is 10.3. The summed E-state index contributed by atoms with van der Waals surface area (Å²) in [5.74, 6) is -0.780. The molecule has 0 aliphatic heterocycles. The van der Waals surface area contributed by atoms with Crippen molar-refractivity contribution in [1.29, 1.82) is 0 Å². The van der Waals surface area contributed by atoms with E-state index in [0.717, 1.165) is 17.4 Å². The zero-order chi connectivity index (χ0) is 13.8. The highest BCUT2D eigenvalue weighted by Gasteiger charge is 2.13. The van der Waals surface area contributed by atoms with E-state index in [9.17, 15) is 9.59 Å². The van der Waals surface area contributed by atoms with Gasteiger partial charge in [-0.25, -0.2) is 4.79 Å². The van der Waals surface area contributed by atoms with Crippen molar-refractivity contribution >= 4 is 12.3 Å². The Bertz CT molecular complexity index is 632. The lowest BCUT2D eigenvalue weighted by molar-refractivity contribution is 0.0693. The first-order valence-corrected chi connectivity index (χ1v) is 5.63. The van der Waals surface area contributed by atoms with Crippen molar-refractivity contribution in [3.8, 4) is 16.9 Å². The largest absolute Gasteiger partial charge is 0.496 e. The molecule has 4 heteroatoms. The molecule has 0 unspecified atom stereocenters. The number of ether oxygens (including phenoxy) is 1. The molecular weight excluding hydrogens is 244 g/mol. The van der Waals surface area contributed by atoms with Gasteiger partial charge in [0, 0.05) is 5.56 Å². The molecule has 0 spiro atoms. The summed E-state index contributed by atoms with van der Waals surface area (Å²) in [6.07, 6.45) is 0.771. The van der Waals surface area contributed by atoms with Gasteiger partial charge >= 0.3 is 5.97 Å². The van der Waals surface area contributed by atoms with Crippen LogP contribution >= 0.6 is 0 Å². The second-order valence-corrected chi connectivity index (χ2v) is 3.93. The molecule has 96 valence electrons. The number of methoxy groups -OCH3 is 1. The maximum Gasteiger partial charge on any atom is 0.339 e. The van der Waals surface area contributed by atoms with Gasteiger partial charge in [0.2, 0.25) is 0 Å². The van der Waals surface area contributed by atoms with Crippen LogP contribution in [-0.2, 0) is 0 Å². The molecule has 2 aromatic rings. The SMILES string of the molecule is COc1cc(-c2ccccc2C=O)ccc1C(=O)O. The Kier molecular flexibility index (Phi) is 3.61. The van der Waals surface area contributed by atoms with Gasteiger partial charge in [0.05, 0.1) is 7.11 Å². The van der Waals surface area contributed by atoms with E-state index in [4.69, 9.17) is 9.84 Å². The average Bonchev–Trinajstić information content (AvgIpc) is 2.46. The highest BCUT2D eigenvalue weighted by molar-refractivity contribution is 5.93.